The highest BCUT2D eigenvalue weighted by Gasteiger charge is 2.68. The van der Waals surface area contributed by atoms with Gasteiger partial charge in [0.2, 0.25) is 5.91 Å². The predicted octanol–water partition coefficient (Wildman–Crippen LogP) is 7.61. The summed E-state index contributed by atoms with van der Waals surface area (Å²) in [5.41, 5.74) is -0.0444. The van der Waals surface area contributed by atoms with Gasteiger partial charge in [-0.25, -0.2) is 17.6 Å². The van der Waals surface area contributed by atoms with Crippen molar-refractivity contribution in [2.45, 2.75) is 16.7 Å². The SMILES string of the molecule is O=C(Cc1ccc(F)cc1F)c1cc(NC(=O)C2C(c3cc(F)cc(Br)c3F)C2(Cl)Cl)ccc1Cl. The number of halogens is 8. The van der Waals surface area contributed by atoms with E-state index in [1.54, 1.807) is 0 Å². The van der Waals surface area contributed by atoms with E-state index in [9.17, 15) is 27.2 Å². The van der Waals surface area contributed by atoms with Gasteiger partial charge in [0.15, 0.2) is 5.78 Å². The number of carbonyl (C=O) groups is 2. The van der Waals surface area contributed by atoms with Crippen LogP contribution in [-0.2, 0) is 11.2 Å². The standard InChI is InChI=1S/C24H13BrCl3F4NO2/c25-16-7-12(30)6-15(22(16)32)20-21(24(20,27)28)23(35)33-13-3-4-17(26)14(9-13)19(34)5-10-1-2-11(29)8-18(10)31/h1-4,6-9,20-21H,5H2,(H,33,35). The summed E-state index contributed by atoms with van der Waals surface area (Å²) in [7, 11) is 0. The van der Waals surface area contributed by atoms with Crippen LogP contribution in [0.15, 0.2) is 53.0 Å². The zero-order chi connectivity index (χ0) is 25.7. The van der Waals surface area contributed by atoms with E-state index in [0.29, 0.717) is 6.07 Å². The first-order valence-corrected chi connectivity index (χ1v) is 11.9. The largest absolute Gasteiger partial charge is 0.326 e. The minimum absolute atomic E-state index is 0.0105. The van der Waals surface area contributed by atoms with E-state index < -0.39 is 57.5 Å². The number of amides is 1. The average Bonchev–Trinajstić information content (AvgIpc) is 3.35. The normalized spacial score (nSPS) is 18.3. The highest BCUT2D eigenvalue weighted by atomic mass is 79.9. The van der Waals surface area contributed by atoms with Gasteiger partial charge in [-0.15, -0.1) is 23.2 Å². The quantitative estimate of drug-likeness (QED) is 0.135. The molecule has 2 atom stereocenters. The average molecular weight is 610 g/mol. The van der Waals surface area contributed by atoms with E-state index >= 15 is 0 Å². The molecule has 0 aromatic heterocycles. The molecular weight excluding hydrogens is 597 g/mol. The summed E-state index contributed by atoms with van der Waals surface area (Å²) in [6.45, 7) is 0. The molecule has 3 aromatic rings. The summed E-state index contributed by atoms with van der Waals surface area (Å²) >= 11 is 21.5. The van der Waals surface area contributed by atoms with Crippen molar-refractivity contribution in [2.24, 2.45) is 5.92 Å². The van der Waals surface area contributed by atoms with Crippen LogP contribution in [0.1, 0.15) is 27.4 Å². The van der Waals surface area contributed by atoms with E-state index in [0.717, 1.165) is 24.3 Å². The summed E-state index contributed by atoms with van der Waals surface area (Å²) in [6, 6.07) is 8.75. The molecule has 0 aliphatic heterocycles. The Labute approximate surface area is 220 Å². The number of rotatable bonds is 6. The van der Waals surface area contributed by atoms with Gasteiger partial charge in [0.25, 0.3) is 0 Å². The molecule has 4 rings (SSSR count). The maximum atomic E-state index is 14.5. The van der Waals surface area contributed by atoms with Gasteiger partial charge in [-0.05, 0) is 63.5 Å². The monoisotopic (exact) mass is 607 g/mol. The molecule has 0 bridgehead atoms. The van der Waals surface area contributed by atoms with Gasteiger partial charge in [0.05, 0.1) is 15.4 Å². The number of Topliss-reactive ketones (excluding diaryl/α,β-unsaturated/α-hetero) is 1. The molecule has 35 heavy (non-hydrogen) atoms. The topological polar surface area (TPSA) is 46.2 Å². The Morgan fingerprint density at radius 1 is 0.971 bits per heavy atom. The molecular formula is C24H13BrCl3F4NO2. The number of benzene rings is 3. The van der Waals surface area contributed by atoms with E-state index in [1.165, 1.54) is 18.2 Å². The molecule has 1 fully saturated rings. The van der Waals surface area contributed by atoms with Gasteiger partial charge in [0.1, 0.15) is 27.6 Å². The van der Waals surface area contributed by atoms with Gasteiger partial charge in [-0.2, -0.15) is 0 Å². The molecule has 3 nitrogen and oxygen atoms in total. The molecule has 0 spiro atoms. The zero-order valence-electron chi connectivity index (χ0n) is 17.3. The lowest BCUT2D eigenvalue weighted by Crippen LogP contribution is -2.17. The molecule has 11 heteroatoms. The molecule has 0 heterocycles. The fraction of sp³-hybridized carbons (Fsp3) is 0.167. The summed E-state index contributed by atoms with van der Waals surface area (Å²) in [6.07, 6.45) is -0.395. The van der Waals surface area contributed by atoms with Crippen LogP contribution < -0.4 is 5.32 Å². The maximum absolute atomic E-state index is 14.5. The Kier molecular flexibility index (Phi) is 7.21. The van der Waals surface area contributed by atoms with E-state index in [1.807, 2.05) is 0 Å². The van der Waals surface area contributed by atoms with Crippen molar-refractivity contribution in [3.8, 4) is 0 Å². The number of carbonyl (C=O) groups excluding carboxylic acids is 2. The Morgan fingerprint density at radius 2 is 1.69 bits per heavy atom. The van der Waals surface area contributed by atoms with E-state index in [2.05, 4.69) is 21.2 Å². The summed E-state index contributed by atoms with van der Waals surface area (Å²) in [5, 5.41) is 2.59. The number of hydrogen-bond acceptors (Lipinski definition) is 2. The fourth-order valence-electron chi connectivity index (χ4n) is 3.81. The van der Waals surface area contributed by atoms with Crippen LogP contribution in [0.25, 0.3) is 0 Å². The minimum Gasteiger partial charge on any atom is -0.326 e. The number of hydrogen-bond donors (Lipinski definition) is 1. The molecule has 0 radical (unpaired) electrons. The molecule has 1 aliphatic rings. The smallest absolute Gasteiger partial charge is 0.231 e. The third-order valence-electron chi connectivity index (χ3n) is 5.59. The van der Waals surface area contributed by atoms with Crippen LogP contribution in [0.2, 0.25) is 5.02 Å². The van der Waals surface area contributed by atoms with Crippen molar-refractivity contribution >= 4 is 68.1 Å². The van der Waals surface area contributed by atoms with E-state index in [-0.39, 0.29) is 31.9 Å². The second kappa shape index (κ2) is 9.73. The fourth-order valence-corrected chi connectivity index (χ4v) is 5.29. The van der Waals surface area contributed by atoms with Crippen LogP contribution in [0.5, 0.6) is 0 Å². The lowest BCUT2D eigenvalue weighted by molar-refractivity contribution is -0.117. The number of alkyl halides is 2. The lowest BCUT2D eigenvalue weighted by Gasteiger charge is -2.10. The lowest BCUT2D eigenvalue weighted by atomic mass is 10.0. The Morgan fingerprint density at radius 3 is 2.37 bits per heavy atom. The van der Waals surface area contributed by atoms with Gasteiger partial charge in [0, 0.05) is 29.7 Å². The van der Waals surface area contributed by atoms with Crippen molar-refractivity contribution in [3.05, 3.63) is 98.0 Å². The van der Waals surface area contributed by atoms with E-state index in [4.69, 9.17) is 34.8 Å². The predicted molar refractivity (Wildman–Crippen MR) is 129 cm³/mol. The molecule has 1 amide bonds. The second-order valence-electron chi connectivity index (χ2n) is 7.94. The van der Waals surface area contributed by atoms with Crippen LogP contribution in [-0.4, -0.2) is 16.0 Å². The highest BCUT2D eigenvalue weighted by Crippen LogP contribution is 2.65. The maximum Gasteiger partial charge on any atom is 0.231 e. The van der Waals surface area contributed by atoms with Crippen LogP contribution in [0.3, 0.4) is 0 Å². The summed E-state index contributed by atoms with van der Waals surface area (Å²) < 4.78 is 53.6. The number of ketones is 1. The molecule has 3 aromatic carbocycles. The molecule has 1 saturated carbocycles. The third-order valence-corrected chi connectivity index (χ3v) is 7.44. The summed E-state index contributed by atoms with van der Waals surface area (Å²) in [5.74, 6) is -6.58. The first kappa shape index (κ1) is 25.9. The van der Waals surface area contributed by atoms with Crippen LogP contribution >= 0.6 is 50.7 Å². The second-order valence-corrected chi connectivity index (χ2v) is 10.6. The Hall–Kier alpha value is -2.13. The minimum atomic E-state index is -1.69. The number of anilines is 1. The van der Waals surface area contributed by atoms with Crippen molar-refractivity contribution < 1.29 is 27.2 Å². The first-order valence-electron chi connectivity index (χ1n) is 10.00. The highest BCUT2D eigenvalue weighted by molar-refractivity contribution is 9.10. The molecule has 1 N–H and O–H groups in total. The van der Waals surface area contributed by atoms with Gasteiger partial charge < -0.3 is 5.32 Å². The summed E-state index contributed by atoms with van der Waals surface area (Å²) in [4.78, 5) is 25.6. The van der Waals surface area contributed by atoms with Crippen molar-refractivity contribution in [1.82, 2.24) is 0 Å². The molecule has 1 aliphatic carbocycles. The van der Waals surface area contributed by atoms with Crippen molar-refractivity contribution in [2.75, 3.05) is 5.32 Å². The third kappa shape index (κ3) is 5.21. The van der Waals surface area contributed by atoms with Gasteiger partial charge >= 0.3 is 0 Å². The van der Waals surface area contributed by atoms with Crippen LogP contribution in [0.4, 0.5) is 23.2 Å². The number of nitrogens with one attached hydrogen (secondary N) is 1. The van der Waals surface area contributed by atoms with Gasteiger partial charge in [-0.1, -0.05) is 17.7 Å². The first-order chi connectivity index (χ1) is 16.4. The Bertz CT molecular complexity index is 1370. The molecule has 0 saturated heterocycles. The van der Waals surface area contributed by atoms with Gasteiger partial charge in [-0.3, -0.25) is 9.59 Å². The van der Waals surface area contributed by atoms with Crippen molar-refractivity contribution in [1.29, 1.82) is 0 Å². The Balaban J connectivity index is 1.54. The van der Waals surface area contributed by atoms with Crippen molar-refractivity contribution in [3.63, 3.8) is 0 Å². The molecule has 182 valence electrons. The zero-order valence-corrected chi connectivity index (χ0v) is 21.2. The van der Waals surface area contributed by atoms with Crippen LogP contribution in [0, 0.1) is 29.2 Å². The molecule has 2 unspecified atom stereocenters.